The van der Waals surface area contributed by atoms with E-state index in [1.807, 2.05) is 0 Å². The standard InChI is InChI=1S/C41H34BP/c1-43(2)29-40(33-15-4-3-5-16-33)41(37-21-20-30-12-6-9-17-34(30)26-37)42(38-24-22-31-13-7-10-18-35(31)27-38)39-25-23-32-14-8-11-19-36(32)28-39/h3-28H,29H2,1-2H3/b41-40+. The molecule has 0 atom stereocenters. The molecule has 0 spiro atoms. The van der Waals surface area contributed by atoms with Crippen molar-refractivity contribution in [2.75, 3.05) is 19.5 Å². The molecule has 0 bridgehead atoms. The summed E-state index contributed by atoms with van der Waals surface area (Å²) in [6.45, 7) is 4.86. The van der Waals surface area contributed by atoms with Crippen LogP contribution in [0.4, 0.5) is 0 Å². The molecule has 0 unspecified atom stereocenters. The van der Waals surface area contributed by atoms with Crippen LogP contribution in [0.1, 0.15) is 11.1 Å². The van der Waals surface area contributed by atoms with Gasteiger partial charge < -0.3 is 0 Å². The predicted molar refractivity (Wildman–Crippen MR) is 194 cm³/mol. The number of hydrogen-bond acceptors (Lipinski definition) is 0. The molecule has 0 saturated carbocycles. The molecule has 0 amide bonds. The lowest BCUT2D eigenvalue weighted by Crippen LogP contribution is -2.44. The van der Waals surface area contributed by atoms with Gasteiger partial charge in [0.15, 0.2) is 0 Å². The predicted octanol–water partition coefficient (Wildman–Crippen LogP) is 9.65. The molecular formula is C41H34BP. The van der Waals surface area contributed by atoms with E-state index in [0.29, 0.717) is 0 Å². The van der Waals surface area contributed by atoms with E-state index in [2.05, 4.69) is 171 Å². The Labute approximate surface area is 256 Å². The van der Waals surface area contributed by atoms with E-state index in [1.165, 1.54) is 65.4 Å². The maximum Gasteiger partial charge on any atom is 0.242 e. The van der Waals surface area contributed by atoms with E-state index < -0.39 is 0 Å². The summed E-state index contributed by atoms with van der Waals surface area (Å²) < 4.78 is 0. The minimum atomic E-state index is -0.198. The van der Waals surface area contributed by atoms with Crippen LogP contribution in [-0.4, -0.2) is 26.2 Å². The second-order valence-corrected chi connectivity index (χ2v) is 14.2. The van der Waals surface area contributed by atoms with Crippen molar-refractivity contribution in [3.63, 3.8) is 0 Å². The molecule has 0 saturated heterocycles. The minimum absolute atomic E-state index is 0.0560. The Hall–Kier alpha value is -4.45. The fourth-order valence-corrected chi connectivity index (χ4v) is 7.45. The normalized spacial score (nSPS) is 12.2. The van der Waals surface area contributed by atoms with Crippen molar-refractivity contribution < 1.29 is 0 Å². The van der Waals surface area contributed by atoms with E-state index in [0.717, 1.165) is 6.16 Å². The smallest absolute Gasteiger partial charge is 0.109 e. The summed E-state index contributed by atoms with van der Waals surface area (Å²) in [6.07, 6.45) is 1.05. The summed E-state index contributed by atoms with van der Waals surface area (Å²) in [5.74, 6) is 0. The van der Waals surface area contributed by atoms with Gasteiger partial charge >= 0.3 is 0 Å². The first-order chi connectivity index (χ1) is 21.1. The van der Waals surface area contributed by atoms with Crippen LogP contribution in [0.2, 0.25) is 0 Å². The zero-order valence-corrected chi connectivity index (χ0v) is 25.6. The van der Waals surface area contributed by atoms with E-state index in [9.17, 15) is 0 Å². The van der Waals surface area contributed by atoms with E-state index in [-0.39, 0.29) is 14.6 Å². The Kier molecular flexibility index (Phi) is 7.67. The Morgan fingerprint density at radius 2 is 0.884 bits per heavy atom. The first-order valence-electron chi connectivity index (χ1n) is 15.0. The lowest BCUT2D eigenvalue weighted by Gasteiger charge is -2.26. The highest BCUT2D eigenvalue weighted by Crippen LogP contribution is 2.39. The first-order valence-corrected chi connectivity index (χ1v) is 17.5. The van der Waals surface area contributed by atoms with Gasteiger partial charge in [0.05, 0.1) is 0 Å². The third-order valence-corrected chi connectivity index (χ3v) is 9.43. The Morgan fingerprint density at radius 1 is 0.442 bits per heavy atom. The average Bonchev–Trinajstić information content (AvgIpc) is 3.06. The van der Waals surface area contributed by atoms with Crippen molar-refractivity contribution in [2.24, 2.45) is 0 Å². The molecular weight excluding hydrogens is 534 g/mol. The second kappa shape index (κ2) is 12.0. The molecule has 0 aliphatic heterocycles. The number of hydrogen-bond donors (Lipinski definition) is 0. The molecule has 7 rings (SSSR count). The number of rotatable bonds is 7. The van der Waals surface area contributed by atoms with Crippen molar-refractivity contribution in [3.05, 3.63) is 169 Å². The van der Waals surface area contributed by atoms with Crippen LogP contribution in [0.15, 0.2) is 158 Å². The molecule has 0 aromatic heterocycles. The molecule has 206 valence electrons. The number of allylic oxidation sites excluding steroid dienone is 1. The van der Waals surface area contributed by atoms with Crippen LogP contribution >= 0.6 is 7.92 Å². The van der Waals surface area contributed by atoms with Crippen molar-refractivity contribution >= 4 is 68.9 Å². The third-order valence-electron chi connectivity index (χ3n) is 8.48. The molecule has 0 aliphatic rings. The highest BCUT2D eigenvalue weighted by molar-refractivity contribution is 7.56. The number of fused-ring (bicyclic) bond motifs is 3. The third kappa shape index (κ3) is 5.66. The van der Waals surface area contributed by atoms with Gasteiger partial charge in [0.25, 0.3) is 0 Å². The Morgan fingerprint density at radius 3 is 1.40 bits per heavy atom. The first kappa shape index (κ1) is 27.4. The molecule has 0 nitrogen and oxygen atoms in total. The summed E-state index contributed by atoms with van der Waals surface area (Å²) in [5, 5.41) is 7.64. The molecule has 43 heavy (non-hydrogen) atoms. The Bertz CT molecular complexity index is 2010. The zero-order valence-electron chi connectivity index (χ0n) is 24.7. The summed E-state index contributed by atoms with van der Waals surface area (Å²) in [7, 11) is -0.198. The molecule has 7 aromatic rings. The SMILES string of the molecule is CP(C)C/C(=C(\B(c1ccc2ccccc2c1)c1ccc2ccccc2c1)c1ccc2ccccc2c1)c1ccccc1. The quantitative estimate of drug-likeness (QED) is 0.102. The van der Waals surface area contributed by atoms with E-state index in [1.54, 1.807) is 0 Å². The molecule has 0 radical (unpaired) electrons. The average molecular weight is 569 g/mol. The maximum absolute atomic E-state index is 2.42. The number of benzene rings is 7. The molecule has 0 fully saturated rings. The van der Waals surface area contributed by atoms with Gasteiger partial charge in [-0.25, -0.2) is 0 Å². The van der Waals surface area contributed by atoms with Crippen LogP contribution in [0.25, 0.3) is 43.4 Å². The van der Waals surface area contributed by atoms with Crippen LogP contribution in [-0.2, 0) is 0 Å². The van der Waals surface area contributed by atoms with Crippen LogP contribution in [0.5, 0.6) is 0 Å². The van der Waals surface area contributed by atoms with Crippen LogP contribution in [0, 0.1) is 0 Å². The molecule has 0 heterocycles. The zero-order chi connectivity index (χ0) is 29.2. The van der Waals surface area contributed by atoms with E-state index in [4.69, 9.17) is 0 Å². The maximum atomic E-state index is 2.42. The van der Waals surface area contributed by atoms with Gasteiger partial charge in [-0.3, -0.25) is 0 Å². The topological polar surface area (TPSA) is 0 Å². The minimum Gasteiger partial charge on any atom is -0.109 e. The van der Waals surface area contributed by atoms with Gasteiger partial charge in [0, 0.05) is 0 Å². The molecule has 7 aromatic carbocycles. The fourth-order valence-electron chi connectivity index (χ4n) is 6.46. The lowest BCUT2D eigenvalue weighted by molar-refractivity contribution is 1.56. The Balaban J connectivity index is 1.59. The van der Waals surface area contributed by atoms with Gasteiger partial charge in [-0.2, -0.15) is 0 Å². The van der Waals surface area contributed by atoms with Crippen molar-refractivity contribution in [3.8, 4) is 0 Å². The monoisotopic (exact) mass is 568 g/mol. The largest absolute Gasteiger partial charge is 0.242 e. The van der Waals surface area contributed by atoms with Crippen LogP contribution < -0.4 is 10.9 Å². The van der Waals surface area contributed by atoms with Crippen molar-refractivity contribution in [2.45, 2.75) is 0 Å². The lowest BCUT2D eigenvalue weighted by atomic mass is 9.34. The van der Waals surface area contributed by atoms with Gasteiger partial charge in [-0.1, -0.05) is 168 Å². The van der Waals surface area contributed by atoms with Crippen molar-refractivity contribution in [1.29, 1.82) is 0 Å². The van der Waals surface area contributed by atoms with Gasteiger partial charge in [-0.15, -0.1) is 7.92 Å². The molecule has 2 heteroatoms. The van der Waals surface area contributed by atoms with Gasteiger partial charge in [0.2, 0.25) is 6.71 Å². The van der Waals surface area contributed by atoms with Gasteiger partial charge in [0.1, 0.15) is 0 Å². The summed E-state index contributed by atoms with van der Waals surface area (Å²) in [4.78, 5) is 0. The van der Waals surface area contributed by atoms with Gasteiger partial charge in [-0.05, 0) is 74.6 Å². The summed E-state index contributed by atoms with van der Waals surface area (Å²) in [5.41, 5.74) is 8.09. The summed E-state index contributed by atoms with van der Waals surface area (Å²) in [6, 6.07) is 58.5. The highest BCUT2D eigenvalue weighted by atomic mass is 31.1. The van der Waals surface area contributed by atoms with E-state index >= 15 is 0 Å². The highest BCUT2D eigenvalue weighted by Gasteiger charge is 2.29. The van der Waals surface area contributed by atoms with Crippen molar-refractivity contribution in [1.82, 2.24) is 0 Å². The molecule has 0 N–H and O–H groups in total. The summed E-state index contributed by atoms with van der Waals surface area (Å²) >= 11 is 0. The fraction of sp³-hybridized carbons (Fsp3) is 0.0732. The van der Waals surface area contributed by atoms with Crippen LogP contribution in [0.3, 0.4) is 0 Å². The second-order valence-electron chi connectivity index (χ2n) is 11.7. The molecule has 0 aliphatic carbocycles.